The van der Waals surface area contributed by atoms with Crippen molar-refractivity contribution in [2.75, 3.05) is 19.0 Å². The molecular formula is C16H20N2O6S. The minimum Gasteiger partial charge on any atom is -0.481 e. The predicted octanol–water partition coefficient (Wildman–Crippen LogP) is 1.54. The smallest absolute Gasteiger partial charge is 0.411 e. The van der Waals surface area contributed by atoms with Crippen molar-refractivity contribution in [2.45, 2.75) is 35.4 Å². The maximum Gasteiger partial charge on any atom is 0.411 e. The van der Waals surface area contributed by atoms with Gasteiger partial charge in [-0.25, -0.2) is 13.2 Å². The molecule has 1 saturated carbocycles. The highest BCUT2D eigenvalue weighted by atomic mass is 32.2. The number of rotatable bonds is 5. The van der Waals surface area contributed by atoms with Crippen LogP contribution in [0.4, 0.5) is 10.5 Å². The van der Waals surface area contributed by atoms with Crippen molar-refractivity contribution in [3.8, 4) is 0 Å². The monoisotopic (exact) mass is 368 g/mol. The van der Waals surface area contributed by atoms with Crippen LogP contribution in [0.2, 0.25) is 0 Å². The number of methoxy groups -OCH3 is 1. The molecule has 0 radical (unpaired) electrons. The molecule has 1 aromatic carbocycles. The van der Waals surface area contributed by atoms with Crippen LogP contribution in [-0.2, 0) is 19.4 Å². The van der Waals surface area contributed by atoms with E-state index in [-0.39, 0.29) is 4.90 Å². The van der Waals surface area contributed by atoms with E-state index in [1.165, 1.54) is 25.3 Å². The molecule has 3 N–H and O–H groups in total. The molecule has 0 bridgehead atoms. The molecule has 1 aromatic rings. The van der Waals surface area contributed by atoms with Crippen LogP contribution < -0.4 is 10.6 Å². The van der Waals surface area contributed by atoms with Crippen molar-refractivity contribution in [1.82, 2.24) is 5.32 Å². The summed E-state index contributed by atoms with van der Waals surface area (Å²) in [5.41, 5.74) is 0.736. The van der Waals surface area contributed by atoms with Gasteiger partial charge >= 0.3 is 12.1 Å². The lowest BCUT2D eigenvalue weighted by atomic mass is 9.94. The van der Waals surface area contributed by atoms with Crippen LogP contribution in [0.3, 0.4) is 0 Å². The zero-order valence-electron chi connectivity index (χ0n) is 13.7. The molecule has 136 valence electrons. The minimum absolute atomic E-state index is 0.135. The summed E-state index contributed by atoms with van der Waals surface area (Å²) in [5, 5.41) is 14.6. The van der Waals surface area contributed by atoms with Gasteiger partial charge in [0.05, 0.1) is 23.2 Å². The summed E-state index contributed by atoms with van der Waals surface area (Å²) >= 11 is 0. The van der Waals surface area contributed by atoms with Gasteiger partial charge in [0.15, 0.2) is 9.84 Å². The van der Waals surface area contributed by atoms with E-state index >= 15 is 0 Å². The van der Waals surface area contributed by atoms with E-state index in [0.29, 0.717) is 37.1 Å². The Morgan fingerprint density at radius 2 is 2.00 bits per heavy atom. The average Bonchev–Trinajstić information content (AvgIpc) is 3.32. The van der Waals surface area contributed by atoms with Gasteiger partial charge in [-0.15, -0.1) is 0 Å². The van der Waals surface area contributed by atoms with Crippen LogP contribution >= 0.6 is 0 Å². The molecule has 2 fully saturated rings. The summed E-state index contributed by atoms with van der Waals surface area (Å²) in [5.74, 6) is -1.70. The topological polar surface area (TPSA) is 122 Å². The fourth-order valence-corrected chi connectivity index (χ4v) is 5.04. The number of amides is 1. The molecule has 1 aliphatic heterocycles. The number of sulfone groups is 1. The Balaban J connectivity index is 2.06. The van der Waals surface area contributed by atoms with Crippen molar-refractivity contribution >= 4 is 27.6 Å². The molecule has 0 aromatic heterocycles. The lowest BCUT2D eigenvalue weighted by molar-refractivity contribution is -0.142. The Labute approximate surface area is 145 Å². The van der Waals surface area contributed by atoms with Gasteiger partial charge in [-0.05, 0) is 49.6 Å². The summed E-state index contributed by atoms with van der Waals surface area (Å²) in [4.78, 5) is 23.1. The average molecular weight is 368 g/mol. The van der Waals surface area contributed by atoms with Crippen LogP contribution in [0.5, 0.6) is 0 Å². The SMILES string of the molecule is COC(=O)Nc1ccc(S(=O)(=O)C2CC2)c(C2NCCC2C(=O)O)c1. The van der Waals surface area contributed by atoms with Gasteiger partial charge in [0.1, 0.15) is 0 Å². The first-order valence-electron chi connectivity index (χ1n) is 8.03. The van der Waals surface area contributed by atoms with Gasteiger partial charge in [-0.2, -0.15) is 0 Å². The second kappa shape index (κ2) is 6.64. The van der Waals surface area contributed by atoms with Crippen molar-refractivity contribution in [3.63, 3.8) is 0 Å². The lowest BCUT2D eigenvalue weighted by Crippen LogP contribution is -2.26. The molecule has 2 atom stereocenters. The number of carbonyl (C=O) groups is 2. The number of hydrogen-bond donors (Lipinski definition) is 3. The molecule has 2 unspecified atom stereocenters. The van der Waals surface area contributed by atoms with Gasteiger partial charge in [-0.1, -0.05) is 0 Å². The van der Waals surface area contributed by atoms with Gasteiger partial charge in [0, 0.05) is 11.7 Å². The zero-order chi connectivity index (χ0) is 18.2. The van der Waals surface area contributed by atoms with Crippen molar-refractivity contribution < 1.29 is 27.9 Å². The van der Waals surface area contributed by atoms with Crippen LogP contribution in [0.15, 0.2) is 23.1 Å². The third-order valence-electron chi connectivity index (χ3n) is 4.59. The van der Waals surface area contributed by atoms with Gasteiger partial charge in [-0.3, -0.25) is 10.1 Å². The van der Waals surface area contributed by atoms with Crippen LogP contribution in [0, 0.1) is 5.92 Å². The number of aliphatic carboxylic acids is 1. The summed E-state index contributed by atoms with van der Waals surface area (Å²) in [6.45, 7) is 0.485. The standard InChI is InChI=1S/C16H20N2O6S/c1-24-16(21)18-9-2-5-13(25(22,23)10-3-4-10)12(8-9)14-11(15(19)20)6-7-17-14/h2,5,8,10-11,14,17H,3-4,6-7H2,1H3,(H,18,21)(H,19,20). The summed E-state index contributed by atoms with van der Waals surface area (Å²) in [7, 11) is -2.29. The first-order chi connectivity index (χ1) is 11.8. The molecular weight excluding hydrogens is 348 g/mol. The molecule has 1 aliphatic carbocycles. The highest BCUT2D eigenvalue weighted by Gasteiger charge is 2.42. The van der Waals surface area contributed by atoms with E-state index in [2.05, 4.69) is 15.4 Å². The number of nitrogens with one attached hydrogen (secondary N) is 2. The fourth-order valence-electron chi connectivity index (χ4n) is 3.15. The summed E-state index contributed by atoms with van der Waals surface area (Å²) < 4.78 is 30.0. The Kier molecular flexibility index (Phi) is 4.70. The highest BCUT2D eigenvalue weighted by Crippen LogP contribution is 2.40. The first kappa shape index (κ1) is 17.7. The third kappa shape index (κ3) is 3.47. The number of carboxylic acid groups (broad SMARTS) is 1. The van der Waals surface area contributed by atoms with Crippen LogP contribution in [0.25, 0.3) is 0 Å². The quantitative estimate of drug-likeness (QED) is 0.720. The van der Waals surface area contributed by atoms with Crippen LogP contribution in [0.1, 0.15) is 30.9 Å². The second-order valence-corrected chi connectivity index (χ2v) is 8.48. The molecule has 1 amide bonds. The molecule has 25 heavy (non-hydrogen) atoms. The molecule has 3 rings (SSSR count). The summed E-state index contributed by atoms with van der Waals surface area (Å²) in [6.07, 6.45) is 0.963. The lowest BCUT2D eigenvalue weighted by Gasteiger charge is -2.21. The number of carboxylic acids is 1. The second-order valence-electron chi connectivity index (χ2n) is 6.28. The van der Waals surface area contributed by atoms with E-state index in [0.717, 1.165) is 0 Å². The highest BCUT2D eigenvalue weighted by molar-refractivity contribution is 7.92. The van der Waals surface area contributed by atoms with Crippen molar-refractivity contribution in [2.24, 2.45) is 5.92 Å². The van der Waals surface area contributed by atoms with Gasteiger partial charge < -0.3 is 15.2 Å². The predicted molar refractivity (Wildman–Crippen MR) is 89.2 cm³/mol. The normalized spacial score (nSPS) is 23.2. The molecule has 2 aliphatic rings. The molecule has 9 heteroatoms. The number of benzene rings is 1. The number of ether oxygens (including phenoxy) is 1. The van der Waals surface area contributed by atoms with Crippen molar-refractivity contribution in [3.05, 3.63) is 23.8 Å². The van der Waals surface area contributed by atoms with E-state index in [4.69, 9.17) is 0 Å². The molecule has 8 nitrogen and oxygen atoms in total. The largest absolute Gasteiger partial charge is 0.481 e. The zero-order valence-corrected chi connectivity index (χ0v) is 14.5. The number of hydrogen-bond acceptors (Lipinski definition) is 6. The number of carbonyl (C=O) groups excluding carboxylic acids is 1. The van der Waals surface area contributed by atoms with Crippen molar-refractivity contribution in [1.29, 1.82) is 0 Å². The first-order valence-corrected chi connectivity index (χ1v) is 9.58. The van der Waals surface area contributed by atoms with E-state index in [1.807, 2.05) is 0 Å². The third-order valence-corrected chi connectivity index (χ3v) is 6.92. The van der Waals surface area contributed by atoms with Gasteiger partial charge in [0.25, 0.3) is 0 Å². The Hall–Kier alpha value is -2.13. The molecule has 0 spiro atoms. The van der Waals surface area contributed by atoms with Gasteiger partial charge in [0.2, 0.25) is 0 Å². The van der Waals surface area contributed by atoms with Crippen LogP contribution in [-0.4, -0.2) is 44.5 Å². The maximum absolute atomic E-state index is 12.8. The minimum atomic E-state index is -3.51. The number of anilines is 1. The van der Waals surface area contributed by atoms with E-state index < -0.39 is 39.1 Å². The molecule has 1 saturated heterocycles. The fraction of sp³-hybridized carbons (Fsp3) is 0.500. The molecule has 1 heterocycles. The Bertz CT molecular complexity index is 803. The van der Waals surface area contributed by atoms with E-state index in [9.17, 15) is 23.1 Å². The summed E-state index contributed by atoms with van der Waals surface area (Å²) in [6, 6.07) is 3.82. The van der Waals surface area contributed by atoms with E-state index in [1.54, 1.807) is 0 Å². The Morgan fingerprint density at radius 3 is 2.60 bits per heavy atom. The Morgan fingerprint density at radius 1 is 1.28 bits per heavy atom. The maximum atomic E-state index is 12.8.